The molecule has 0 aliphatic heterocycles. The Morgan fingerprint density at radius 3 is 3.00 bits per heavy atom. The first-order valence-electron chi connectivity index (χ1n) is 5.07. The zero-order valence-electron chi connectivity index (χ0n) is 8.76. The second-order valence-electron chi connectivity index (χ2n) is 3.64. The average molecular weight is 213 g/mol. The van der Waals surface area contributed by atoms with Gasteiger partial charge in [-0.1, -0.05) is 31.9 Å². The maximum absolute atomic E-state index is 5.77. The van der Waals surface area contributed by atoms with Gasteiger partial charge >= 0.3 is 0 Å². The summed E-state index contributed by atoms with van der Waals surface area (Å²) >= 11 is 5.77. The molecular weight excluding hydrogens is 196 g/mol. The Labute approximate surface area is 90.7 Å². The molecule has 1 aromatic heterocycles. The minimum Gasteiger partial charge on any atom is -0.385 e. The van der Waals surface area contributed by atoms with Crippen LogP contribution in [0.3, 0.4) is 0 Å². The summed E-state index contributed by atoms with van der Waals surface area (Å²) in [6.45, 7) is 5.45. The largest absolute Gasteiger partial charge is 0.385 e. The highest BCUT2D eigenvalue weighted by atomic mass is 35.5. The van der Waals surface area contributed by atoms with Crippen LogP contribution in [0.1, 0.15) is 26.7 Å². The van der Waals surface area contributed by atoms with Crippen LogP contribution in [0.5, 0.6) is 0 Å². The number of rotatable bonds is 5. The predicted octanol–water partition coefficient (Wildman–Crippen LogP) is 3.58. The third kappa shape index (κ3) is 3.97. The van der Waals surface area contributed by atoms with Gasteiger partial charge < -0.3 is 5.32 Å². The second-order valence-corrected chi connectivity index (χ2v) is 4.03. The summed E-state index contributed by atoms with van der Waals surface area (Å²) in [5.74, 6) is 0.701. The van der Waals surface area contributed by atoms with E-state index >= 15 is 0 Å². The van der Waals surface area contributed by atoms with Gasteiger partial charge in [-0.05, 0) is 24.5 Å². The minimum atomic E-state index is 0.540. The Morgan fingerprint density at radius 2 is 2.36 bits per heavy atom. The van der Waals surface area contributed by atoms with Crippen molar-refractivity contribution in [1.29, 1.82) is 0 Å². The zero-order chi connectivity index (χ0) is 10.4. The highest BCUT2D eigenvalue weighted by Crippen LogP contribution is 2.13. The number of hydrogen-bond acceptors (Lipinski definition) is 2. The molecule has 0 spiro atoms. The third-order valence-electron chi connectivity index (χ3n) is 2.16. The van der Waals surface area contributed by atoms with Crippen LogP contribution < -0.4 is 5.32 Å². The van der Waals surface area contributed by atoms with Gasteiger partial charge in [0.1, 0.15) is 5.15 Å². The van der Waals surface area contributed by atoms with Gasteiger partial charge in [-0.15, -0.1) is 0 Å². The fourth-order valence-corrected chi connectivity index (χ4v) is 1.57. The molecule has 0 aliphatic carbocycles. The molecular formula is C11H17ClN2. The summed E-state index contributed by atoms with van der Waals surface area (Å²) < 4.78 is 0. The number of halogens is 1. The summed E-state index contributed by atoms with van der Waals surface area (Å²) in [5.41, 5.74) is 1.05. The van der Waals surface area contributed by atoms with Crippen molar-refractivity contribution in [2.75, 3.05) is 11.9 Å². The Bertz CT molecular complexity index is 276. The van der Waals surface area contributed by atoms with Gasteiger partial charge in [0.05, 0.1) is 0 Å². The van der Waals surface area contributed by atoms with E-state index in [-0.39, 0.29) is 0 Å². The number of anilines is 1. The number of hydrogen-bond donors (Lipinski definition) is 1. The fourth-order valence-electron chi connectivity index (χ4n) is 1.40. The Morgan fingerprint density at radius 1 is 1.57 bits per heavy atom. The zero-order valence-corrected chi connectivity index (χ0v) is 9.51. The van der Waals surface area contributed by atoms with Crippen LogP contribution in [0.15, 0.2) is 18.3 Å². The van der Waals surface area contributed by atoms with Crippen LogP contribution in [-0.2, 0) is 0 Å². The van der Waals surface area contributed by atoms with Crippen molar-refractivity contribution >= 4 is 17.3 Å². The summed E-state index contributed by atoms with van der Waals surface area (Å²) in [6, 6.07) is 3.78. The lowest BCUT2D eigenvalue weighted by molar-refractivity contribution is 0.551. The molecule has 1 N–H and O–H groups in total. The molecule has 0 saturated carbocycles. The minimum absolute atomic E-state index is 0.540. The standard InChI is InChI=1S/C11H17ClN2/c1-3-4-9(2)8-14-10-5-6-13-11(12)7-10/h5-7,9H,3-4,8H2,1-2H3,(H,13,14). The first-order valence-corrected chi connectivity index (χ1v) is 5.45. The molecule has 0 amide bonds. The Hall–Kier alpha value is -0.760. The summed E-state index contributed by atoms with van der Waals surface area (Å²) in [4.78, 5) is 3.93. The molecule has 14 heavy (non-hydrogen) atoms. The summed E-state index contributed by atoms with van der Waals surface area (Å²) in [7, 11) is 0. The van der Waals surface area contributed by atoms with E-state index in [4.69, 9.17) is 11.6 Å². The van der Waals surface area contributed by atoms with Crippen LogP contribution in [-0.4, -0.2) is 11.5 Å². The van der Waals surface area contributed by atoms with Gasteiger partial charge in [0.2, 0.25) is 0 Å². The van der Waals surface area contributed by atoms with E-state index in [1.165, 1.54) is 12.8 Å². The number of nitrogens with zero attached hydrogens (tertiary/aromatic N) is 1. The quantitative estimate of drug-likeness (QED) is 0.755. The first-order chi connectivity index (χ1) is 6.72. The van der Waals surface area contributed by atoms with E-state index < -0.39 is 0 Å². The molecule has 1 rings (SSSR count). The molecule has 1 atom stereocenters. The van der Waals surface area contributed by atoms with Crippen LogP contribution in [0.4, 0.5) is 5.69 Å². The van der Waals surface area contributed by atoms with Gasteiger partial charge in [-0.25, -0.2) is 4.98 Å². The van der Waals surface area contributed by atoms with Crippen molar-refractivity contribution in [3.05, 3.63) is 23.5 Å². The highest BCUT2D eigenvalue weighted by molar-refractivity contribution is 6.29. The molecule has 1 aromatic rings. The van der Waals surface area contributed by atoms with Crippen LogP contribution in [0, 0.1) is 5.92 Å². The third-order valence-corrected chi connectivity index (χ3v) is 2.37. The van der Waals surface area contributed by atoms with Crippen LogP contribution in [0.2, 0.25) is 5.15 Å². The average Bonchev–Trinajstić information content (AvgIpc) is 2.15. The Balaban J connectivity index is 2.37. The molecule has 1 heterocycles. The van der Waals surface area contributed by atoms with Gasteiger partial charge in [-0.3, -0.25) is 0 Å². The van der Waals surface area contributed by atoms with Gasteiger partial charge in [0.15, 0.2) is 0 Å². The Kier molecular flexibility index (Phi) is 4.74. The second kappa shape index (κ2) is 5.86. The fraction of sp³-hybridized carbons (Fsp3) is 0.545. The highest BCUT2D eigenvalue weighted by Gasteiger charge is 2.00. The van der Waals surface area contributed by atoms with Crippen LogP contribution >= 0.6 is 11.6 Å². The normalized spacial score (nSPS) is 12.5. The van der Waals surface area contributed by atoms with Gasteiger partial charge in [0.25, 0.3) is 0 Å². The molecule has 3 heteroatoms. The van der Waals surface area contributed by atoms with Crippen molar-refractivity contribution in [2.24, 2.45) is 5.92 Å². The molecule has 0 saturated heterocycles. The maximum Gasteiger partial charge on any atom is 0.131 e. The van der Waals surface area contributed by atoms with Crippen molar-refractivity contribution in [3.63, 3.8) is 0 Å². The topological polar surface area (TPSA) is 24.9 Å². The van der Waals surface area contributed by atoms with Crippen molar-refractivity contribution in [3.8, 4) is 0 Å². The van der Waals surface area contributed by atoms with E-state index in [0.717, 1.165) is 12.2 Å². The van der Waals surface area contributed by atoms with Crippen molar-refractivity contribution in [1.82, 2.24) is 4.98 Å². The molecule has 0 aliphatic rings. The lowest BCUT2D eigenvalue weighted by Gasteiger charge is -2.12. The number of pyridine rings is 1. The molecule has 78 valence electrons. The lowest BCUT2D eigenvalue weighted by Crippen LogP contribution is -2.10. The van der Waals surface area contributed by atoms with Crippen molar-refractivity contribution < 1.29 is 0 Å². The van der Waals surface area contributed by atoms with E-state index in [2.05, 4.69) is 24.1 Å². The van der Waals surface area contributed by atoms with Gasteiger partial charge in [-0.2, -0.15) is 0 Å². The van der Waals surface area contributed by atoms with E-state index in [9.17, 15) is 0 Å². The number of aromatic nitrogens is 1. The SMILES string of the molecule is CCCC(C)CNc1ccnc(Cl)c1. The summed E-state index contributed by atoms with van der Waals surface area (Å²) in [5, 5.41) is 3.89. The lowest BCUT2D eigenvalue weighted by atomic mass is 10.1. The smallest absolute Gasteiger partial charge is 0.131 e. The predicted molar refractivity (Wildman–Crippen MR) is 61.8 cm³/mol. The molecule has 0 bridgehead atoms. The van der Waals surface area contributed by atoms with E-state index in [1.54, 1.807) is 6.20 Å². The summed E-state index contributed by atoms with van der Waals surface area (Å²) in [6.07, 6.45) is 4.21. The van der Waals surface area contributed by atoms with Crippen LogP contribution in [0.25, 0.3) is 0 Å². The molecule has 0 fully saturated rings. The van der Waals surface area contributed by atoms with E-state index in [1.807, 2.05) is 12.1 Å². The number of nitrogens with one attached hydrogen (secondary N) is 1. The molecule has 2 nitrogen and oxygen atoms in total. The van der Waals surface area contributed by atoms with E-state index in [0.29, 0.717) is 11.1 Å². The monoisotopic (exact) mass is 212 g/mol. The molecule has 0 aromatic carbocycles. The maximum atomic E-state index is 5.77. The van der Waals surface area contributed by atoms with Crippen molar-refractivity contribution in [2.45, 2.75) is 26.7 Å². The molecule has 0 radical (unpaired) electrons. The molecule has 1 unspecified atom stereocenters. The first kappa shape index (κ1) is 11.3. The van der Waals surface area contributed by atoms with Gasteiger partial charge in [0, 0.05) is 18.4 Å².